The van der Waals surface area contributed by atoms with Crippen molar-refractivity contribution in [1.82, 2.24) is 9.80 Å². The summed E-state index contributed by atoms with van der Waals surface area (Å²) in [4.78, 5) is 5.05. The molecule has 28 heavy (non-hydrogen) atoms. The fourth-order valence-corrected chi connectivity index (χ4v) is 2.62. The van der Waals surface area contributed by atoms with Gasteiger partial charge in [0.25, 0.3) is 0 Å². The van der Waals surface area contributed by atoms with E-state index in [1.54, 1.807) is 0 Å². The summed E-state index contributed by atoms with van der Waals surface area (Å²) < 4.78 is 61.5. The van der Waals surface area contributed by atoms with E-state index in [9.17, 15) is 13.2 Å². The van der Waals surface area contributed by atoms with Gasteiger partial charge in [0, 0.05) is 0 Å². The summed E-state index contributed by atoms with van der Waals surface area (Å²) in [6, 6.07) is 0. The summed E-state index contributed by atoms with van der Waals surface area (Å²) in [7, 11) is -6.09. The Morgan fingerprint density at radius 2 is 1.11 bits per heavy atom. The van der Waals surface area contributed by atoms with E-state index in [1.807, 2.05) is 0 Å². The van der Waals surface area contributed by atoms with E-state index < -0.39 is 15.6 Å². The molecule has 0 aromatic heterocycles. The van der Waals surface area contributed by atoms with Gasteiger partial charge in [-0.3, -0.25) is 14.4 Å². The maximum absolute atomic E-state index is 10.7. The monoisotopic (exact) mass is 433 g/mol. The third kappa shape index (κ3) is 11.1. The molecule has 0 spiro atoms. The number of guanidine groups is 1. The predicted octanol–water partition coefficient (Wildman–Crippen LogP) is 3.69. The van der Waals surface area contributed by atoms with Crippen molar-refractivity contribution in [3.8, 4) is 0 Å². The molecule has 0 radical (unpaired) electrons. The van der Waals surface area contributed by atoms with Gasteiger partial charge in [0.15, 0.2) is 10.1 Å². The summed E-state index contributed by atoms with van der Waals surface area (Å²) >= 11 is 0. The molecule has 0 N–H and O–H groups in total. The number of hydrogen-bond donors (Lipinski definition) is 0. The summed E-state index contributed by atoms with van der Waals surface area (Å²) in [6.45, 7) is 20.4. The molecular formula is C18H38F3N3O3S. The van der Waals surface area contributed by atoms with Crippen LogP contribution >= 0.6 is 0 Å². The molecule has 0 saturated carbocycles. The van der Waals surface area contributed by atoms with Crippen LogP contribution in [0.5, 0.6) is 0 Å². The van der Waals surface area contributed by atoms with Crippen molar-refractivity contribution >= 4 is 16.1 Å². The van der Waals surface area contributed by atoms with Gasteiger partial charge in [0.2, 0.25) is 0 Å². The second-order valence-corrected chi connectivity index (χ2v) is 7.61. The van der Waals surface area contributed by atoms with Crippen molar-refractivity contribution in [3.63, 3.8) is 0 Å². The number of unbranched alkanes of at least 4 members (excludes halogenated alkanes) is 2. The van der Waals surface area contributed by atoms with Crippen LogP contribution in [0.15, 0.2) is 0 Å². The molecule has 0 rings (SSSR count). The normalized spacial score (nSPS) is 11.5. The second kappa shape index (κ2) is 14.9. The van der Waals surface area contributed by atoms with Crippen LogP contribution < -0.4 is 0 Å². The zero-order valence-corrected chi connectivity index (χ0v) is 19.0. The number of rotatable bonds is 10. The lowest BCUT2D eigenvalue weighted by molar-refractivity contribution is -0.539. The van der Waals surface area contributed by atoms with Gasteiger partial charge in [-0.15, -0.1) is 0 Å². The fourth-order valence-electron chi connectivity index (χ4n) is 2.62. The molecule has 170 valence electrons. The number of alkyl halides is 3. The smallest absolute Gasteiger partial charge is 0.485 e. The van der Waals surface area contributed by atoms with Crippen LogP contribution in [0, 0.1) is 0 Å². The Labute approximate surface area is 169 Å². The van der Waals surface area contributed by atoms with E-state index in [0.29, 0.717) is 0 Å². The molecule has 0 bridgehead atoms. The van der Waals surface area contributed by atoms with E-state index in [1.165, 1.54) is 44.7 Å². The van der Waals surface area contributed by atoms with Crippen LogP contribution in [0.3, 0.4) is 0 Å². The molecule has 0 fully saturated rings. The molecule has 0 unspecified atom stereocenters. The Kier molecular flexibility index (Phi) is 15.5. The van der Waals surface area contributed by atoms with Crippen LogP contribution in [-0.2, 0) is 10.1 Å². The summed E-state index contributed by atoms with van der Waals surface area (Å²) in [6.07, 6.45) is 5.12. The lowest BCUT2D eigenvalue weighted by atomic mass is 10.3. The SMILES string of the molecule is CCCC[N+](CCCC)=C(N(CC)CC)N(CC)CC.O=S(=O)([O-])C(F)(F)F. The van der Waals surface area contributed by atoms with E-state index in [4.69, 9.17) is 13.0 Å². The molecule has 6 nitrogen and oxygen atoms in total. The maximum atomic E-state index is 10.7. The highest BCUT2D eigenvalue weighted by molar-refractivity contribution is 7.86. The van der Waals surface area contributed by atoms with Crippen LogP contribution in [0.2, 0.25) is 0 Å². The van der Waals surface area contributed by atoms with E-state index in [0.717, 1.165) is 26.2 Å². The fraction of sp³-hybridized carbons (Fsp3) is 0.944. The molecule has 0 aliphatic carbocycles. The Hall–Kier alpha value is -1.03. The average Bonchev–Trinajstić information content (AvgIpc) is 2.61. The van der Waals surface area contributed by atoms with Gasteiger partial charge in [-0.25, -0.2) is 8.42 Å². The molecule has 10 heteroatoms. The summed E-state index contributed by atoms with van der Waals surface area (Å²) in [5, 5.41) is 0. The highest BCUT2D eigenvalue weighted by atomic mass is 32.2. The highest BCUT2D eigenvalue weighted by Gasteiger charge is 2.36. The number of halogens is 3. The van der Waals surface area contributed by atoms with Gasteiger partial charge in [-0.1, -0.05) is 26.7 Å². The second-order valence-electron chi connectivity index (χ2n) is 6.24. The molecule has 0 aromatic rings. The quantitative estimate of drug-likeness (QED) is 0.173. The van der Waals surface area contributed by atoms with Gasteiger partial charge in [-0.05, 0) is 40.5 Å². The van der Waals surface area contributed by atoms with Gasteiger partial charge < -0.3 is 4.55 Å². The van der Waals surface area contributed by atoms with E-state index in [2.05, 4.69) is 55.9 Å². The standard InChI is InChI=1S/C17H38N3.CHF3O3S/c1-7-13-15-20(16-14-8-2)17(18(9-3)10-4)19(11-5)12-6;2-1(3,4)8(5,6)7/h7-16H2,1-6H3;(H,5,6,7)/q+1;/p-1. The summed E-state index contributed by atoms with van der Waals surface area (Å²) in [5.41, 5.74) is -5.65. The molecule has 0 saturated heterocycles. The first kappa shape index (κ1) is 29.2. The molecule has 0 aliphatic heterocycles. The first-order chi connectivity index (χ1) is 12.9. The lowest BCUT2D eigenvalue weighted by Crippen LogP contribution is -2.50. The Balaban J connectivity index is 0. The van der Waals surface area contributed by atoms with Crippen LogP contribution in [0.25, 0.3) is 0 Å². The van der Waals surface area contributed by atoms with E-state index in [-0.39, 0.29) is 0 Å². The number of nitrogens with zero attached hydrogens (tertiary/aromatic N) is 3. The van der Waals surface area contributed by atoms with Crippen molar-refractivity contribution in [2.45, 2.75) is 72.7 Å². The Morgan fingerprint density at radius 3 is 1.29 bits per heavy atom. The number of hydrogen-bond acceptors (Lipinski definition) is 3. The molecule has 0 amide bonds. The molecule has 0 aliphatic rings. The third-order valence-electron chi connectivity index (χ3n) is 4.22. The first-order valence-electron chi connectivity index (χ1n) is 10.1. The Bertz CT molecular complexity index is 506. The predicted molar refractivity (Wildman–Crippen MR) is 106 cm³/mol. The van der Waals surface area contributed by atoms with Gasteiger partial charge in [0.1, 0.15) is 0 Å². The lowest BCUT2D eigenvalue weighted by Gasteiger charge is -2.28. The zero-order valence-electron chi connectivity index (χ0n) is 18.2. The van der Waals surface area contributed by atoms with Crippen molar-refractivity contribution < 1.29 is 30.7 Å². The minimum Gasteiger partial charge on any atom is -0.741 e. The summed E-state index contributed by atoms with van der Waals surface area (Å²) in [5.74, 6) is 1.46. The molecule has 0 aromatic carbocycles. The molecule has 0 atom stereocenters. The molecular weight excluding hydrogens is 395 g/mol. The first-order valence-corrected chi connectivity index (χ1v) is 11.5. The van der Waals surface area contributed by atoms with Gasteiger partial charge in [-0.2, -0.15) is 13.2 Å². The van der Waals surface area contributed by atoms with Crippen LogP contribution in [0.1, 0.15) is 67.2 Å². The largest absolute Gasteiger partial charge is 0.741 e. The highest BCUT2D eigenvalue weighted by Crippen LogP contribution is 2.20. The van der Waals surface area contributed by atoms with Gasteiger partial charge in [0.05, 0.1) is 39.3 Å². The van der Waals surface area contributed by atoms with Crippen molar-refractivity contribution in [2.24, 2.45) is 0 Å². The zero-order chi connectivity index (χ0) is 22.4. The maximum Gasteiger partial charge on any atom is 0.485 e. The van der Waals surface area contributed by atoms with Crippen molar-refractivity contribution in [2.75, 3.05) is 39.3 Å². The molecule has 0 heterocycles. The topological polar surface area (TPSA) is 66.7 Å². The van der Waals surface area contributed by atoms with E-state index >= 15 is 0 Å². The average molecular weight is 434 g/mol. The minimum absolute atomic E-state index is 1.09. The van der Waals surface area contributed by atoms with Crippen LogP contribution in [-0.4, -0.2) is 78.1 Å². The van der Waals surface area contributed by atoms with Crippen LogP contribution in [0.4, 0.5) is 13.2 Å². The van der Waals surface area contributed by atoms with Crippen molar-refractivity contribution in [1.29, 1.82) is 0 Å². The minimum atomic E-state index is -6.09. The van der Waals surface area contributed by atoms with Crippen molar-refractivity contribution in [3.05, 3.63) is 0 Å². The Morgan fingerprint density at radius 1 is 0.821 bits per heavy atom. The third-order valence-corrected chi connectivity index (χ3v) is 4.79. The van der Waals surface area contributed by atoms with Gasteiger partial charge >= 0.3 is 11.5 Å².